The second-order valence-corrected chi connectivity index (χ2v) is 34.0. The van der Waals surface area contributed by atoms with Crippen LogP contribution >= 0.6 is 35.0 Å². The molecule has 17 rings (SSSR count). The van der Waals surface area contributed by atoms with Crippen molar-refractivity contribution >= 4 is 86.9 Å². The number of aromatic nitrogens is 7. The summed E-state index contributed by atoms with van der Waals surface area (Å²) in [5.74, 6) is 1.61. The van der Waals surface area contributed by atoms with E-state index < -0.39 is 5.97 Å². The predicted molar refractivity (Wildman–Crippen MR) is 515 cm³/mol. The van der Waals surface area contributed by atoms with Gasteiger partial charge < -0.3 is 92.7 Å². The summed E-state index contributed by atoms with van der Waals surface area (Å²) in [6, 6.07) is 27.0. The average Bonchev–Trinajstić information content (AvgIpc) is 1.60. The van der Waals surface area contributed by atoms with Crippen molar-refractivity contribution in [2.24, 2.45) is 5.73 Å². The molecule has 10 aromatic heterocycles. The Bertz CT molecular complexity index is 5270. The fourth-order valence-corrected chi connectivity index (χ4v) is 17.6. The maximum absolute atomic E-state index is 13.1. The Labute approximate surface area is 786 Å². The van der Waals surface area contributed by atoms with Gasteiger partial charge in [-0.1, -0.05) is 22.6 Å². The molecular weight excluding hydrogens is 1750 g/mol. The summed E-state index contributed by atoms with van der Waals surface area (Å²) < 4.78 is 39.5. The van der Waals surface area contributed by atoms with E-state index >= 15 is 0 Å². The molecule has 0 amide bonds. The van der Waals surface area contributed by atoms with Crippen LogP contribution in [-0.4, -0.2) is 288 Å². The predicted octanol–water partition coefficient (Wildman–Crippen LogP) is 10.4. The number of esters is 2. The number of likely N-dealkylation sites (N-methyl/N-ethyl adjacent to an activating group) is 2. The van der Waals surface area contributed by atoms with Crippen molar-refractivity contribution < 1.29 is 72.2 Å². The maximum Gasteiger partial charge on any atom is 1.00 e. The average molecular weight is 1890 g/mol. The number of hydrogen-bond acceptors (Lipinski definition) is 24. The molecule has 0 bridgehead atoms. The molecule has 10 aromatic rings. The number of H-pyrrole nitrogens is 1. The second-order valence-electron chi connectivity index (χ2n) is 34.0. The van der Waals surface area contributed by atoms with E-state index in [0.717, 1.165) is 270 Å². The number of pyridine rings is 7. The molecular formula is C96H134ClILiN17O12. The van der Waals surface area contributed by atoms with Crippen LogP contribution < -0.4 is 50.2 Å². The van der Waals surface area contributed by atoms with Crippen molar-refractivity contribution in [3.63, 3.8) is 0 Å². The number of nitrogens with two attached hydrogens (primary N) is 1. The Hall–Kier alpha value is -8.37. The molecule has 128 heavy (non-hydrogen) atoms. The van der Waals surface area contributed by atoms with Crippen LogP contribution in [-0.2, 0) is 35.0 Å². The molecule has 3 atom stereocenters. The van der Waals surface area contributed by atoms with E-state index in [4.69, 9.17) is 49.1 Å². The number of nitrogens with one attached hydrogen (secondary N) is 2. The van der Waals surface area contributed by atoms with Gasteiger partial charge in [0, 0.05) is 271 Å². The largest absolute Gasteiger partial charge is 1.00 e. The molecule has 7 saturated heterocycles. The normalized spacial score (nSPS) is 17.3. The standard InChI is InChI=1S/C29H39N5O3.C28H37N5O3.C26H33N5O3.C8H12N2O.C4H8O.CH3I.ClH.Li.H2O/c1-20(2)37-29(35)26-17-25-16-24(23-6-7-27(30-18-23)33-10-8-31(5)9-11-33)19-34(25)28(21(26)3)22(4)32-12-14-36-15-13-32;1-19(2)36-28(34)25-16-24-15-23(22-5-6-26(30-17-22)32-9-7-29-8-10-32)18-33(24)27(20(25)3)21(4)31-11-13-35-14-12-31;1-18-23(26(32)33)15-22-14-21(17-31(22)25(18)19(2)29-10-12-34-13-11-29)20-4-5-24(27-16-20)30-8-6-28(3)7-9-30;1-5-3-6(2)10-8(11)7(5)4-9;1-2-4-5-3-1;1-2;;;/h6-7,16-20,22H,8-15H2,1-5H3;5-6,15-19,21,29H,7-14H2,1-4H3;4-5,14-17,19H,6-13H2,1-3H3,(H,32,33);3H,4,9H2,1-2H3,(H,10,11);1-4H2;1H3;1H;;1H2/q;;;;;;;+1;/p-1. The van der Waals surface area contributed by atoms with E-state index in [1.54, 1.807) is 6.07 Å². The van der Waals surface area contributed by atoms with E-state index in [1.165, 1.54) is 12.8 Å². The van der Waals surface area contributed by atoms with Crippen LogP contribution in [0.15, 0.2) is 121 Å². The molecule has 0 spiro atoms. The fourth-order valence-electron chi connectivity index (χ4n) is 17.6. The number of hydrogen-bond donors (Lipinski definition) is 4. The van der Waals surface area contributed by atoms with Gasteiger partial charge in [-0.3, -0.25) is 19.5 Å². The van der Waals surface area contributed by atoms with Crippen LogP contribution in [0.25, 0.3) is 49.9 Å². The Morgan fingerprint density at radius 2 is 0.781 bits per heavy atom. The molecule has 7 aliphatic rings. The Morgan fingerprint density at radius 1 is 0.461 bits per heavy atom. The molecule has 3 unspecified atom stereocenters. The number of aromatic carboxylic acids is 1. The van der Waals surface area contributed by atoms with Crippen molar-refractivity contribution in [1.29, 1.82) is 0 Å². The van der Waals surface area contributed by atoms with Crippen LogP contribution in [0.4, 0.5) is 17.5 Å². The Balaban J connectivity index is 0.000000195. The van der Waals surface area contributed by atoms with Gasteiger partial charge in [0.2, 0.25) is 0 Å². The number of aromatic amines is 1. The van der Waals surface area contributed by atoms with Gasteiger partial charge in [-0.25, -0.2) is 29.3 Å². The van der Waals surface area contributed by atoms with Gasteiger partial charge >= 0.3 is 36.8 Å². The topological polar surface area (TPSA) is 306 Å². The number of nitrogens with zero attached hydrogens (tertiary/aromatic N) is 14. The van der Waals surface area contributed by atoms with Gasteiger partial charge in [-0.2, -0.15) is 0 Å². The van der Waals surface area contributed by atoms with Gasteiger partial charge in [0.25, 0.3) is 5.56 Å². The summed E-state index contributed by atoms with van der Waals surface area (Å²) in [6.45, 7) is 47.7. The zero-order chi connectivity index (χ0) is 89.1. The van der Waals surface area contributed by atoms with Gasteiger partial charge in [0.05, 0.1) is 68.5 Å². The first-order valence-electron chi connectivity index (χ1n) is 44.5. The van der Waals surface area contributed by atoms with Crippen molar-refractivity contribution in [3.8, 4) is 33.4 Å². The minimum absolute atomic E-state index is 0. The summed E-state index contributed by atoms with van der Waals surface area (Å²) in [6.07, 6.45) is 14.5. The number of carboxylic acid groups (broad SMARTS) is 1. The summed E-state index contributed by atoms with van der Waals surface area (Å²) in [4.78, 5) is 87.2. The maximum atomic E-state index is 13.1. The molecule has 0 aliphatic carbocycles. The first-order valence-corrected chi connectivity index (χ1v) is 46.6. The smallest absolute Gasteiger partial charge is 0.870 e. The van der Waals surface area contributed by atoms with Crippen molar-refractivity contribution in [3.05, 3.63) is 194 Å². The molecule has 32 heteroatoms. The zero-order valence-corrected chi connectivity index (χ0v) is 80.9. The van der Waals surface area contributed by atoms with E-state index in [0.29, 0.717) is 42.0 Å². The fraction of sp³-hybridized carbons (Fsp3) is 0.510. The number of ether oxygens (including phenoxy) is 6. The number of alkyl halides is 1. The summed E-state index contributed by atoms with van der Waals surface area (Å²) in [5, 5.41) is 13.3. The third-order valence-corrected chi connectivity index (χ3v) is 24.8. The third kappa shape index (κ3) is 25.9. The van der Waals surface area contributed by atoms with Gasteiger partial charge in [0.1, 0.15) is 17.5 Å². The quantitative estimate of drug-likeness (QED) is 0.0268. The zero-order valence-electron chi connectivity index (χ0n) is 78.0. The molecule has 0 saturated carbocycles. The second kappa shape index (κ2) is 49.2. The van der Waals surface area contributed by atoms with Gasteiger partial charge in [-0.05, 0) is 216 Å². The number of piperazine rings is 3. The number of fused-ring (bicyclic) bond motifs is 3. The summed E-state index contributed by atoms with van der Waals surface area (Å²) in [7, 11) is 4.31. The number of carboxylic acids is 1. The van der Waals surface area contributed by atoms with Crippen LogP contribution in [0.3, 0.4) is 0 Å². The molecule has 0 radical (unpaired) electrons. The van der Waals surface area contributed by atoms with Crippen molar-refractivity contribution in [1.82, 2.24) is 63.0 Å². The molecule has 17 heterocycles. The minimum Gasteiger partial charge on any atom is -0.870 e. The first kappa shape index (κ1) is 103. The van der Waals surface area contributed by atoms with Gasteiger partial charge in [-0.15, -0.1) is 12.4 Å². The summed E-state index contributed by atoms with van der Waals surface area (Å²) in [5.41, 5.74) is 24.6. The van der Waals surface area contributed by atoms with E-state index in [2.05, 4.69) is 193 Å². The number of halogens is 2. The number of anilines is 3. The third-order valence-electron chi connectivity index (χ3n) is 24.8. The minimum atomic E-state index is -0.892. The molecule has 6 N–H and O–H groups in total. The van der Waals surface area contributed by atoms with Crippen LogP contribution in [0.2, 0.25) is 0 Å². The van der Waals surface area contributed by atoms with Crippen molar-refractivity contribution in [2.45, 2.75) is 133 Å². The van der Waals surface area contributed by atoms with Crippen LogP contribution in [0, 0.1) is 34.6 Å². The van der Waals surface area contributed by atoms with Crippen LogP contribution in [0.5, 0.6) is 0 Å². The number of carbonyl (C=O) groups excluding carboxylic acids is 2. The number of morpholine rings is 3. The molecule has 0 aromatic carbocycles. The Morgan fingerprint density at radius 3 is 1.07 bits per heavy atom. The number of rotatable bonds is 18. The number of aryl methyl sites for hydroxylation is 2. The molecule has 7 fully saturated rings. The van der Waals surface area contributed by atoms with E-state index in [-0.39, 0.29) is 84.6 Å². The monoisotopic (exact) mass is 1890 g/mol. The molecule has 29 nitrogen and oxygen atoms in total. The van der Waals surface area contributed by atoms with E-state index in [1.807, 2.05) is 104 Å². The van der Waals surface area contributed by atoms with Gasteiger partial charge in [0.15, 0.2) is 0 Å². The SMILES string of the molecule is C1CCOC1.CI.Cc1c(C(=O)O)cc2cc(-c3ccc(N4CCN(C)CC4)nc3)cn2c1C(C)N1CCOCC1.Cc1c(C(=O)OC(C)C)cc2cc(-c3ccc(N4CCN(C)CC4)nc3)cn2c1C(C)N1CCOCC1.Cc1c(C(=O)OC(C)C)cc2cc(-c3ccc(N4CCNCC4)nc3)cn2c1C(C)N1CCOCC1.Cc1cc(C)c(CN)c(=O)[nH]1.Cl.[Li+].[OH-]. The number of carbonyl (C=O) groups is 3. The molecule has 7 aliphatic heterocycles. The van der Waals surface area contributed by atoms with Crippen LogP contribution in [0.1, 0.15) is 161 Å². The molecule has 690 valence electrons. The Kier molecular flexibility index (Phi) is 39.7. The summed E-state index contributed by atoms with van der Waals surface area (Å²) >= 11 is 2.15. The first-order chi connectivity index (χ1) is 60.3. The van der Waals surface area contributed by atoms with Crippen molar-refractivity contribution in [2.75, 3.05) is 204 Å². The van der Waals surface area contributed by atoms with E-state index in [9.17, 15) is 24.3 Å².